The van der Waals surface area contributed by atoms with Crippen LogP contribution in [0, 0.1) is 0 Å². The quantitative estimate of drug-likeness (QED) is 0.858. The van der Waals surface area contributed by atoms with Gasteiger partial charge in [0.2, 0.25) is 5.91 Å². The van der Waals surface area contributed by atoms with E-state index in [0.717, 1.165) is 18.7 Å². The molecule has 0 saturated heterocycles. The average molecular weight is 262 g/mol. The number of carboxylic acids is 1. The molecule has 19 heavy (non-hydrogen) atoms. The van der Waals surface area contributed by atoms with E-state index < -0.39 is 5.97 Å². The van der Waals surface area contributed by atoms with E-state index in [1.807, 2.05) is 0 Å². The molecule has 5 nitrogen and oxygen atoms in total. The predicted molar refractivity (Wildman–Crippen MR) is 73.7 cm³/mol. The van der Waals surface area contributed by atoms with Crippen LogP contribution in [0.4, 0.5) is 11.4 Å². The molecule has 0 unspecified atom stereocenters. The van der Waals surface area contributed by atoms with Gasteiger partial charge in [0.15, 0.2) is 0 Å². The Morgan fingerprint density at radius 3 is 2.79 bits per heavy atom. The molecule has 1 aromatic rings. The topological polar surface area (TPSA) is 69.6 Å². The lowest BCUT2D eigenvalue weighted by atomic mass is 10.1. The fourth-order valence-electron chi connectivity index (χ4n) is 2.30. The Bertz CT molecular complexity index is 511. The average Bonchev–Trinajstić information content (AvgIpc) is 2.32. The highest BCUT2D eigenvalue weighted by Gasteiger charge is 2.20. The molecule has 0 atom stereocenters. The number of aromatic carboxylic acids is 1. The molecule has 0 saturated carbocycles. The number of anilines is 2. The third-order valence-electron chi connectivity index (χ3n) is 3.25. The van der Waals surface area contributed by atoms with Gasteiger partial charge in [0.1, 0.15) is 0 Å². The minimum atomic E-state index is -0.991. The van der Waals surface area contributed by atoms with Crippen LogP contribution in [0.1, 0.15) is 37.0 Å². The van der Waals surface area contributed by atoms with Crippen molar-refractivity contribution in [3.63, 3.8) is 0 Å². The second-order valence-electron chi connectivity index (χ2n) is 4.98. The minimum absolute atomic E-state index is 0.0628. The van der Waals surface area contributed by atoms with Crippen LogP contribution in [0.15, 0.2) is 18.2 Å². The first-order chi connectivity index (χ1) is 8.99. The lowest BCUT2D eigenvalue weighted by Gasteiger charge is -2.32. The third kappa shape index (κ3) is 2.86. The zero-order chi connectivity index (χ0) is 14.0. The molecular formula is C14H18N2O3. The highest BCUT2D eigenvalue weighted by atomic mass is 16.4. The molecule has 2 N–H and O–H groups in total. The SMILES string of the molecule is CC(C)N1CCCC(=O)Nc2cc(C(=O)O)ccc21. The summed E-state index contributed by atoms with van der Waals surface area (Å²) in [5.41, 5.74) is 1.65. The van der Waals surface area contributed by atoms with E-state index in [9.17, 15) is 9.59 Å². The molecule has 1 amide bonds. The van der Waals surface area contributed by atoms with Crippen LogP contribution in [0.25, 0.3) is 0 Å². The van der Waals surface area contributed by atoms with Gasteiger partial charge < -0.3 is 15.3 Å². The van der Waals surface area contributed by atoms with E-state index in [4.69, 9.17) is 5.11 Å². The normalized spacial score (nSPS) is 15.5. The van der Waals surface area contributed by atoms with E-state index in [-0.39, 0.29) is 11.5 Å². The first-order valence-corrected chi connectivity index (χ1v) is 6.43. The van der Waals surface area contributed by atoms with Crippen molar-refractivity contribution in [3.05, 3.63) is 23.8 Å². The van der Waals surface area contributed by atoms with Gasteiger partial charge in [-0.25, -0.2) is 4.79 Å². The number of carboxylic acid groups (broad SMARTS) is 1. The number of carbonyl (C=O) groups is 2. The van der Waals surface area contributed by atoms with E-state index in [2.05, 4.69) is 24.1 Å². The summed E-state index contributed by atoms with van der Waals surface area (Å²) in [6.45, 7) is 4.96. The molecule has 102 valence electrons. The Labute approximate surface area is 112 Å². The summed E-state index contributed by atoms with van der Waals surface area (Å²) >= 11 is 0. The van der Waals surface area contributed by atoms with Crippen molar-refractivity contribution in [1.82, 2.24) is 0 Å². The predicted octanol–water partition coefficient (Wildman–Crippen LogP) is 2.33. The number of rotatable bonds is 2. The lowest BCUT2D eigenvalue weighted by molar-refractivity contribution is -0.116. The Balaban J connectivity index is 2.48. The summed E-state index contributed by atoms with van der Waals surface area (Å²) < 4.78 is 0. The van der Waals surface area contributed by atoms with Crippen molar-refractivity contribution < 1.29 is 14.7 Å². The van der Waals surface area contributed by atoms with Gasteiger partial charge in [-0.15, -0.1) is 0 Å². The molecule has 2 rings (SSSR count). The maximum Gasteiger partial charge on any atom is 0.335 e. The lowest BCUT2D eigenvalue weighted by Crippen LogP contribution is -2.34. The summed E-state index contributed by atoms with van der Waals surface area (Å²) in [6, 6.07) is 5.16. The van der Waals surface area contributed by atoms with E-state index in [0.29, 0.717) is 18.2 Å². The number of fused-ring (bicyclic) bond motifs is 1. The molecule has 1 aliphatic rings. The molecule has 0 fully saturated rings. The van der Waals surface area contributed by atoms with Crippen molar-refractivity contribution in [2.45, 2.75) is 32.7 Å². The van der Waals surface area contributed by atoms with E-state index >= 15 is 0 Å². The third-order valence-corrected chi connectivity index (χ3v) is 3.25. The Morgan fingerprint density at radius 2 is 2.16 bits per heavy atom. The van der Waals surface area contributed by atoms with E-state index in [1.165, 1.54) is 6.07 Å². The number of amides is 1. The number of nitrogens with one attached hydrogen (secondary N) is 1. The maximum absolute atomic E-state index is 11.7. The highest BCUT2D eigenvalue weighted by Crippen LogP contribution is 2.30. The van der Waals surface area contributed by atoms with Gasteiger partial charge in [0.05, 0.1) is 16.9 Å². The Morgan fingerprint density at radius 1 is 1.42 bits per heavy atom. The number of carbonyl (C=O) groups excluding carboxylic acids is 1. The maximum atomic E-state index is 11.7. The standard InChI is InChI=1S/C14H18N2O3/c1-9(2)16-7-3-4-13(17)15-11-8-10(14(18)19)5-6-12(11)16/h5-6,8-9H,3-4,7H2,1-2H3,(H,15,17)(H,18,19). The van der Waals surface area contributed by atoms with Gasteiger partial charge in [-0.05, 0) is 38.5 Å². The van der Waals surface area contributed by atoms with Crippen LogP contribution >= 0.6 is 0 Å². The number of hydrogen-bond acceptors (Lipinski definition) is 3. The molecule has 5 heteroatoms. The van der Waals surface area contributed by atoms with E-state index in [1.54, 1.807) is 12.1 Å². The van der Waals surface area contributed by atoms with Crippen LogP contribution in [0.3, 0.4) is 0 Å². The minimum Gasteiger partial charge on any atom is -0.478 e. The van der Waals surface area contributed by atoms with Crippen molar-refractivity contribution >= 4 is 23.3 Å². The fraction of sp³-hybridized carbons (Fsp3) is 0.429. The second-order valence-corrected chi connectivity index (χ2v) is 4.98. The van der Waals surface area contributed by atoms with Crippen molar-refractivity contribution in [2.24, 2.45) is 0 Å². The van der Waals surface area contributed by atoms with Crippen LogP contribution in [0.5, 0.6) is 0 Å². The van der Waals surface area contributed by atoms with Gasteiger partial charge in [0.25, 0.3) is 0 Å². The molecule has 0 aliphatic carbocycles. The Hall–Kier alpha value is -2.04. The summed E-state index contributed by atoms with van der Waals surface area (Å²) in [7, 11) is 0. The fourth-order valence-corrected chi connectivity index (χ4v) is 2.30. The molecular weight excluding hydrogens is 244 g/mol. The molecule has 0 spiro atoms. The number of nitrogens with zero attached hydrogens (tertiary/aromatic N) is 1. The van der Waals surface area contributed by atoms with Gasteiger partial charge in [-0.1, -0.05) is 0 Å². The molecule has 0 bridgehead atoms. The zero-order valence-electron chi connectivity index (χ0n) is 11.1. The zero-order valence-corrected chi connectivity index (χ0v) is 11.1. The molecule has 1 heterocycles. The van der Waals surface area contributed by atoms with Crippen molar-refractivity contribution in [1.29, 1.82) is 0 Å². The van der Waals surface area contributed by atoms with Crippen LogP contribution in [-0.2, 0) is 4.79 Å². The van der Waals surface area contributed by atoms with Gasteiger partial charge in [-0.3, -0.25) is 4.79 Å². The summed E-state index contributed by atoms with van der Waals surface area (Å²) in [4.78, 5) is 24.9. The molecule has 0 radical (unpaired) electrons. The number of hydrogen-bond donors (Lipinski definition) is 2. The monoisotopic (exact) mass is 262 g/mol. The molecule has 1 aromatic carbocycles. The smallest absolute Gasteiger partial charge is 0.335 e. The number of benzene rings is 1. The van der Waals surface area contributed by atoms with Crippen LogP contribution in [-0.4, -0.2) is 29.6 Å². The molecule has 0 aromatic heterocycles. The summed E-state index contributed by atoms with van der Waals surface area (Å²) in [5, 5.41) is 11.8. The van der Waals surface area contributed by atoms with Crippen molar-refractivity contribution in [2.75, 3.05) is 16.8 Å². The Kier molecular flexibility index (Phi) is 3.74. The van der Waals surface area contributed by atoms with Crippen LogP contribution < -0.4 is 10.2 Å². The first-order valence-electron chi connectivity index (χ1n) is 6.43. The second kappa shape index (κ2) is 5.30. The van der Waals surface area contributed by atoms with Crippen molar-refractivity contribution in [3.8, 4) is 0 Å². The van der Waals surface area contributed by atoms with Gasteiger partial charge >= 0.3 is 5.97 Å². The van der Waals surface area contributed by atoms with Crippen LogP contribution in [0.2, 0.25) is 0 Å². The van der Waals surface area contributed by atoms with Gasteiger partial charge in [0, 0.05) is 19.0 Å². The largest absolute Gasteiger partial charge is 0.478 e. The highest BCUT2D eigenvalue weighted by molar-refractivity contribution is 5.98. The molecule has 1 aliphatic heterocycles. The summed E-state index contributed by atoms with van der Waals surface area (Å²) in [5.74, 6) is -1.05. The first kappa shape index (κ1) is 13.4. The van der Waals surface area contributed by atoms with Gasteiger partial charge in [-0.2, -0.15) is 0 Å². The summed E-state index contributed by atoms with van der Waals surface area (Å²) in [6.07, 6.45) is 1.25.